The van der Waals surface area contributed by atoms with Gasteiger partial charge in [-0.2, -0.15) is 10.5 Å². The van der Waals surface area contributed by atoms with Crippen LogP contribution in [0.2, 0.25) is 0 Å². The van der Waals surface area contributed by atoms with Crippen molar-refractivity contribution < 1.29 is 0 Å². The highest BCUT2D eigenvalue weighted by atomic mass is 32.2. The Kier molecular flexibility index (Phi) is 3.18. The fraction of sp³-hybridized carbons (Fsp3) is 0.0769. The zero-order valence-corrected chi connectivity index (χ0v) is 10.0. The van der Waals surface area contributed by atoms with E-state index in [2.05, 4.69) is 5.32 Å². The highest BCUT2D eigenvalue weighted by molar-refractivity contribution is 8.06. The molecule has 3 nitrogen and oxygen atoms in total. The van der Waals surface area contributed by atoms with Gasteiger partial charge in [0.05, 0.1) is 5.70 Å². The van der Waals surface area contributed by atoms with Crippen LogP contribution in [0.15, 0.2) is 40.3 Å². The van der Waals surface area contributed by atoms with E-state index in [4.69, 9.17) is 10.5 Å². The van der Waals surface area contributed by atoms with E-state index in [0.717, 1.165) is 11.3 Å². The maximum Gasteiger partial charge on any atom is 0.160 e. The molecule has 1 N–H and O–H groups in total. The molecule has 2 rings (SSSR count). The number of nitrogens with one attached hydrogen (secondary N) is 1. The summed E-state index contributed by atoms with van der Waals surface area (Å²) >= 11 is 1.37. The van der Waals surface area contributed by atoms with Gasteiger partial charge in [0.1, 0.15) is 17.2 Å². The summed E-state index contributed by atoms with van der Waals surface area (Å²) in [5.41, 5.74) is 3.29. The van der Waals surface area contributed by atoms with Crippen molar-refractivity contribution in [3.63, 3.8) is 0 Å². The first-order chi connectivity index (χ1) is 8.24. The molecule has 0 aromatic heterocycles. The maximum absolute atomic E-state index is 8.77. The molecule has 1 aromatic carbocycles. The summed E-state index contributed by atoms with van der Waals surface area (Å²) in [4.78, 5) is 0. The number of hydrogen-bond donors (Lipinski definition) is 1. The number of nitrogens with zero attached hydrogens (tertiary/aromatic N) is 2. The molecule has 0 atom stereocenters. The predicted molar refractivity (Wildman–Crippen MR) is 68.1 cm³/mol. The smallest absolute Gasteiger partial charge is 0.160 e. The van der Waals surface area contributed by atoms with Crippen molar-refractivity contribution in [2.24, 2.45) is 0 Å². The van der Waals surface area contributed by atoms with Gasteiger partial charge in [0.15, 0.2) is 5.57 Å². The third-order valence-corrected chi connectivity index (χ3v) is 3.25. The Morgan fingerprint density at radius 1 is 1.18 bits per heavy atom. The molecule has 0 saturated carbocycles. The van der Waals surface area contributed by atoms with Crippen LogP contribution in [0, 0.1) is 29.6 Å². The summed E-state index contributed by atoms with van der Waals surface area (Å²) < 4.78 is 0. The molecule has 1 aliphatic heterocycles. The van der Waals surface area contributed by atoms with Gasteiger partial charge in [-0.3, -0.25) is 0 Å². The van der Waals surface area contributed by atoms with Crippen molar-refractivity contribution in [2.45, 2.75) is 6.92 Å². The van der Waals surface area contributed by atoms with E-state index in [9.17, 15) is 0 Å². The molecule has 1 aliphatic rings. The third-order valence-electron chi connectivity index (χ3n) is 2.36. The van der Waals surface area contributed by atoms with Crippen molar-refractivity contribution in [2.75, 3.05) is 0 Å². The number of nitriles is 2. The highest BCUT2D eigenvalue weighted by Gasteiger charge is 2.15. The molecular formula is C13H9N3S. The minimum absolute atomic E-state index is 0.119. The van der Waals surface area contributed by atoms with Crippen LogP contribution in [-0.4, -0.2) is 0 Å². The van der Waals surface area contributed by atoms with Gasteiger partial charge in [-0.25, -0.2) is 0 Å². The van der Waals surface area contributed by atoms with Crippen molar-refractivity contribution in [3.05, 3.63) is 51.4 Å². The molecule has 0 bridgehead atoms. The normalized spacial score (nSPS) is 13.4. The van der Waals surface area contributed by atoms with Crippen molar-refractivity contribution in [3.8, 4) is 12.1 Å². The summed E-state index contributed by atoms with van der Waals surface area (Å²) in [5, 5.41) is 23.1. The lowest BCUT2D eigenvalue weighted by atomic mass is 10.1. The molecule has 0 spiro atoms. The first-order valence-corrected chi connectivity index (χ1v) is 5.88. The quantitative estimate of drug-likeness (QED) is 0.765. The fourth-order valence-electron chi connectivity index (χ4n) is 1.42. The van der Waals surface area contributed by atoms with Crippen LogP contribution in [-0.2, 0) is 0 Å². The Balaban J connectivity index is 2.25. The van der Waals surface area contributed by atoms with Crippen LogP contribution < -0.4 is 5.32 Å². The predicted octanol–water partition coefficient (Wildman–Crippen LogP) is 2.89. The molecule has 0 aliphatic carbocycles. The van der Waals surface area contributed by atoms with E-state index in [1.54, 1.807) is 0 Å². The number of thioether (sulfide) groups is 1. The maximum atomic E-state index is 8.77. The molecule has 82 valence electrons. The van der Waals surface area contributed by atoms with E-state index in [0.29, 0.717) is 5.03 Å². The summed E-state index contributed by atoms with van der Waals surface area (Å²) in [5.74, 6) is 0. The Bertz CT molecular complexity index is 567. The Morgan fingerprint density at radius 3 is 2.41 bits per heavy atom. The third kappa shape index (κ3) is 2.33. The lowest BCUT2D eigenvalue weighted by Gasteiger charge is -2.05. The zero-order chi connectivity index (χ0) is 12.3. The van der Waals surface area contributed by atoms with Gasteiger partial charge in [-0.1, -0.05) is 41.6 Å². The molecule has 1 heterocycles. The molecule has 0 fully saturated rings. The van der Waals surface area contributed by atoms with Crippen LogP contribution in [0.1, 0.15) is 11.1 Å². The lowest BCUT2D eigenvalue weighted by molar-refractivity contribution is 1.19. The van der Waals surface area contributed by atoms with E-state index < -0.39 is 0 Å². The minimum Gasteiger partial charge on any atom is -0.347 e. The molecule has 0 unspecified atom stereocenters. The van der Waals surface area contributed by atoms with E-state index in [-0.39, 0.29) is 5.57 Å². The van der Waals surface area contributed by atoms with Crippen LogP contribution in [0.25, 0.3) is 5.70 Å². The molecule has 17 heavy (non-hydrogen) atoms. The topological polar surface area (TPSA) is 59.6 Å². The van der Waals surface area contributed by atoms with E-state index >= 15 is 0 Å². The van der Waals surface area contributed by atoms with Gasteiger partial charge in [0.25, 0.3) is 0 Å². The van der Waals surface area contributed by atoms with Crippen LogP contribution in [0.4, 0.5) is 0 Å². The Hall–Kier alpha value is -2.17. The largest absolute Gasteiger partial charge is 0.347 e. The van der Waals surface area contributed by atoms with Crippen molar-refractivity contribution in [1.82, 2.24) is 5.32 Å². The Morgan fingerprint density at radius 2 is 1.82 bits per heavy atom. The van der Waals surface area contributed by atoms with Crippen molar-refractivity contribution in [1.29, 1.82) is 10.5 Å². The Labute approximate surface area is 104 Å². The average molecular weight is 239 g/mol. The number of allylic oxidation sites excluding steroid dienone is 1. The van der Waals surface area contributed by atoms with E-state index in [1.165, 1.54) is 17.3 Å². The summed E-state index contributed by atoms with van der Waals surface area (Å²) in [6.07, 6.45) is 0. The second-order valence-electron chi connectivity index (χ2n) is 3.57. The standard InChI is InChI=1S/C13H9N3S/c1-9-2-4-10(5-3-9)12-8-17-13(16-12)11(6-14)7-15/h2-5,8,16H,1H3. The number of hydrogen-bond acceptors (Lipinski definition) is 4. The molecule has 4 heteroatoms. The second-order valence-corrected chi connectivity index (χ2v) is 4.45. The van der Waals surface area contributed by atoms with Gasteiger partial charge in [0.2, 0.25) is 0 Å². The van der Waals surface area contributed by atoms with Crippen LogP contribution in [0.3, 0.4) is 0 Å². The fourth-order valence-corrected chi connectivity index (χ4v) is 2.23. The van der Waals surface area contributed by atoms with Crippen molar-refractivity contribution >= 4 is 17.5 Å². The zero-order valence-electron chi connectivity index (χ0n) is 9.19. The summed E-state index contributed by atoms with van der Waals surface area (Å²) in [7, 11) is 0. The second kappa shape index (κ2) is 4.78. The summed E-state index contributed by atoms with van der Waals surface area (Å²) in [6.45, 7) is 2.03. The lowest BCUT2D eigenvalue weighted by Crippen LogP contribution is -2.06. The molecule has 0 amide bonds. The molecule has 1 aromatic rings. The van der Waals surface area contributed by atoms with Gasteiger partial charge in [-0.05, 0) is 12.5 Å². The van der Waals surface area contributed by atoms with Crippen LogP contribution >= 0.6 is 11.8 Å². The number of benzene rings is 1. The van der Waals surface area contributed by atoms with Gasteiger partial charge < -0.3 is 5.32 Å². The summed E-state index contributed by atoms with van der Waals surface area (Å²) in [6, 6.07) is 11.8. The van der Waals surface area contributed by atoms with Gasteiger partial charge in [0, 0.05) is 5.41 Å². The monoisotopic (exact) mass is 239 g/mol. The molecular weight excluding hydrogens is 230 g/mol. The first kappa shape index (κ1) is 11.3. The first-order valence-electron chi connectivity index (χ1n) is 5.00. The van der Waals surface area contributed by atoms with E-state index in [1.807, 2.05) is 48.7 Å². The molecule has 0 radical (unpaired) electrons. The average Bonchev–Trinajstić information content (AvgIpc) is 2.81. The molecule has 0 saturated heterocycles. The highest BCUT2D eigenvalue weighted by Crippen LogP contribution is 2.31. The minimum atomic E-state index is 0.119. The SMILES string of the molecule is Cc1ccc(C2=CSC(=C(C#N)C#N)N2)cc1. The van der Waals surface area contributed by atoms with Gasteiger partial charge in [-0.15, -0.1) is 0 Å². The van der Waals surface area contributed by atoms with Gasteiger partial charge >= 0.3 is 0 Å². The van der Waals surface area contributed by atoms with Crippen LogP contribution in [0.5, 0.6) is 0 Å². The number of rotatable bonds is 1. The number of aryl methyl sites for hydroxylation is 1.